The first-order valence-corrected chi connectivity index (χ1v) is 8.65. The Kier molecular flexibility index (Phi) is 3.81. The highest BCUT2D eigenvalue weighted by molar-refractivity contribution is 7.14. The van der Waals surface area contributed by atoms with Crippen LogP contribution in [-0.4, -0.2) is 31.6 Å². The maximum atomic E-state index is 11.9. The smallest absolute Gasteiger partial charge is 0.226 e. The lowest BCUT2D eigenvalue weighted by Gasteiger charge is -2.01. The first kappa shape index (κ1) is 14.9. The van der Waals surface area contributed by atoms with Crippen molar-refractivity contribution in [3.63, 3.8) is 0 Å². The van der Waals surface area contributed by atoms with E-state index in [-0.39, 0.29) is 25.5 Å². The summed E-state index contributed by atoms with van der Waals surface area (Å²) in [5.41, 5.74) is 2.16. The second kappa shape index (κ2) is 6.12. The molecule has 0 bridgehead atoms. The molecule has 1 amide bonds. The van der Waals surface area contributed by atoms with E-state index < -0.39 is 0 Å². The summed E-state index contributed by atoms with van der Waals surface area (Å²) in [5, 5.41) is 6.00. The van der Waals surface area contributed by atoms with Gasteiger partial charge < -0.3 is 10.3 Å². The van der Waals surface area contributed by atoms with Crippen LogP contribution >= 0.6 is 11.3 Å². The van der Waals surface area contributed by atoms with Gasteiger partial charge in [0.15, 0.2) is 5.13 Å². The standard InChI is InChI=1S/C16H15N5O2S.H2/c22-12(9-1-2-9)3-4-13(23)21-16-20-11(7-24-16)14-10-5-6-17-15(10)19-8-18-14;/h5-9H,1-4H2,(H,17,18,19)(H,20,21,23);1H. The van der Waals surface area contributed by atoms with E-state index in [0.717, 1.165) is 29.6 Å². The molecule has 0 saturated heterocycles. The Morgan fingerprint density at radius 2 is 2.21 bits per heavy atom. The molecule has 0 radical (unpaired) electrons. The zero-order valence-corrected chi connectivity index (χ0v) is 13.6. The molecule has 3 heterocycles. The molecule has 0 aliphatic heterocycles. The number of H-pyrrole nitrogens is 1. The van der Waals surface area contributed by atoms with Crippen molar-refractivity contribution in [2.75, 3.05) is 5.32 Å². The second-order valence-electron chi connectivity index (χ2n) is 5.79. The first-order chi connectivity index (χ1) is 11.7. The van der Waals surface area contributed by atoms with E-state index in [1.165, 1.54) is 17.7 Å². The van der Waals surface area contributed by atoms with Gasteiger partial charge in [-0.25, -0.2) is 15.0 Å². The Morgan fingerprint density at radius 3 is 3.04 bits per heavy atom. The first-order valence-electron chi connectivity index (χ1n) is 7.77. The number of carbonyl (C=O) groups excluding carboxylic acids is 2. The Balaban J connectivity index is 0.00000182. The van der Waals surface area contributed by atoms with Gasteiger partial charge in [-0.2, -0.15) is 0 Å². The average molecular weight is 343 g/mol. The van der Waals surface area contributed by atoms with Crippen molar-refractivity contribution in [3.8, 4) is 11.4 Å². The summed E-state index contributed by atoms with van der Waals surface area (Å²) in [7, 11) is 0. The lowest BCUT2D eigenvalue weighted by Crippen LogP contribution is -2.13. The van der Waals surface area contributed by atoms with E-state index in [1.807, 2.05) is 11.4 Å². The third-order valence-corrected chi connectivity index (χ3v) is 4.74. The fourth-order valence-electron chi connectivity index (χ4n) is 2.54. The molecule has 3 aromatic rings. The number of Topliss-reactive ketones (excluding diaryl/α,β-unsaturated/α-hetero) is 1. The number of hydrogen-bond acceptors (Lipinski definition) is 6. The predicted octanol–water partition coefficient (Wildman–Crippen LogP) is 3.03. The van der Waals surface area contributed by atoms with Crippen molar-refractivity contribution in [2.45, 2.75) is 25.7 Å². The van der Waals surface area contributed by atoms with E-state index in [0.29, 0.717) is 17.2 Å². The molecule has 7 nitrogen and oxygen atoms in total. The van der Waals surface area contributed by atoms with Gasteiger partial charge in [0, 0.05) is 37.1 Å². The molecule has 0 spiro atoms. The maximum absolute atomic E-state index is 11.9. The molecule has 1 aliphatic carbocycles. The van der Waals surface area contributed by atoms with E-state index in [9.17, 15) is 9.59 Å². The van der Waals surface area contributed by atoms with Crippen LogP contribution in [0.2, 0.25) is 0 Å². The number of aromatic nitrogens is 4. The van der Waals surface area contributed by atoms with Gasteiger partial charge in [0.25, 0.3) is 0 Å². The molecule has 4 rings (SSSR count). The maximum Gasteiger partial charge on any atom is 0.226 e. The molecule has 0 aromatic carbocycles. The SMILES string of the molecule is O=C(CCC(=O)C1CC1)Nc1nc(-c2ncnc3[nH]ccc23)cs1.[HH]. The van der Waals surface area contributed by atoms with E-state index >= 15 is 0 Å². The van der Waals surface area contributed by atoms with Crippen LogP contribution < -0.4 is 5.32 Å². The zero-order valence-electron chi connectivity index (χ0n) is 12.8. The Bertz CT molecular complexity index is 918. The van der Waals surface area contributed by atoms with Crippen molar-refractivity contribution in [1.82, 2.24) is 19.9 Å². The van der Waals surface area contributed by atoms with E-state index in [1.54, 1.807) is 6.20 Å². The molecular weight excluding hydrogens is 326 g/mol. The highest BCUT2D eigenvalue weighted by atomic mass is 32.1. The minimum Gasteiger partial charge on any atom is -0.346 e. The number of nitrogens with one attached hydrogen (secondary N) is 2. The van der Waals surface area contributed by atoms with E-state index in [2.05, 4.69) is 25.3 Å². The van der Waals surface area contributed by atoms with Gasteiger partial charge in [-0.3, -0.25) is 9.59 Å². The van der Waals surface area contributed by atoms with Crippen LogP contribution in [0, 0.1) is 5.92 Å². The minimum atomic E-state index is -0.181. The number of ketones is 1. The molecule has 2 N–H and O–H groups in total. The number of amides is 1. The quantitative estimate of drug-likeness (QED) is 0.716. The number of fused-ring (bicyclic) bond motifs is 1. The van der Waals surface area contributed by atoms with Crippen molar-refractivity contribution in [1.29, 1.82) is 0 Å². The summed E-state index contributed by atoms with van der Waals surface area (Å²) in [6.07, 6.45) is 5.75. The number of anilines is 1. The molecule has 124 valence electrons. The molecule has 24 heavy (non-hydrogen) atoms. The summed E-state index contributed by atoms with van der Waals surface area (Å²) in [4.78, 5) is 39.5. The van der Waals surface area contributed by atoms with Gasteiger partial charge in [0.2, 0.25) is 5.91 Å². The Morgan fingerprint density at radius 1 is 1.33 bits per heavy atom. The van der Waals surface area contributed by atoms with Crippen molar-refractivity contribution < 1.29 is 11.0 Å². The third kappa shape index (κ3) is 3.05. The lowest BCUT2D eigenvalue weighted by molar-refractivity contribution is -0.123. The molecule has 8 heteroatoms. The zero-order chi connectivity index (χ0) is 16.5. The summed E-state index contributed by atoms with van der Waals surface area (Å²) in [5.74, 6) is 0.214. The van der Waals surface area contributed by atoms with Gasteiger partial charge in [-0.05, 0) is 18.9 Å². The lowest BCUT2D eigenvalue weighted by atomic mass is 10.1. The largest absolute Gasteiger partial charge is 0.346 e. The molecule has 1 fully saturated rings. The van der Waals surface area contributed by atoms with Crippen LogP contribution in [0.1, 0.15) is 27.1 Å². The normalized spacial score (nSPS) is 14.0. The van der Waals surface area contributed by atoms with Crippen LogP contribution in [0.25, 0.3) is 22.4 Å². The Labute approximate surface area is 143 Å². The van der Waals surface area contributed by atoms with Crippen LogP contribution in [0.4, 0.5) is 5.13 Å². The van der Waals surface area contributed by atoms with Crippen LogP contribution in [-0.2, 0) is 9.59 Å². The highest BCUT2D eigenvalue weighted by Gasteiger charge is 2.29. The summed E-state index contributed by atoms with van der Waals surface area (Å²) < 4.78 is 0. The fourth-order valence-corrected chi connectivity index (χ4v) is 3.26. The Hall–Kier alpha value is -2.61. The van der Waals surface area contributed by atoms with Crippen molar-refractivity contribution in [3.05, 3.63) is 24.0 Å². The van der Waals surface area contributed by atoms with Gasteiger partial charge in [-0.1, -0.05) is 0 Å². The summed E-state index contributed by atoms with van der Waals surface area (Å²) in [6, 6.07) is 1.89. The van der Waals surface area contributed by atoms with Crippen molar-refractivity contribution in [2.24, 2.45) is 5.92 Å². The predicted molar refractivity (Wildman–Crippen MR) is 92.7 cm³/mol. The fraction of sp³-hybridized carbons (Fsp3) is 0.312. The average Bonchev–Trinajstić information content (AvgIpc) is 3.14. The van der Waals surface area contributed by atoms with Gasteiger partial charge in [0.1, 0.15) is 29.1 Å². The van der Waals surface area contributed by atoms with Crippen LogP contribution in [0.15, 0.2) is 24.0 Å². The minimum absolute atomic E-state index is 0. The number of carbonyl (C=O) groups is 2. The molecule has 0 unspecified atom stereocenters. The summed E-state index contributed by atoms with van der Waals surface area (Å²) >= 11 is 1.34. The van der Waals surface area contributed by atoms with Crippen molar-refractivity contribution >= 4 is 39.2 Å². The van der Waals surface area contributed by atoms with Crippen LogP contribution in [0.3, 0.4) is 0 Å². The number of rotatable bonds is 6. The summed E-state index contributed by atoms with van der Waals surface area (Å²) in [6.45, 7) is 0. The molecule has 0 atom stereocenters. The number of aromatic amines is 1. The third-order valence-electron chi connectivity index (χ3n) is 3.98. The van der Waals surface area contributed by atoms with Gasteiger partial charge in [-0.15, -0.1) is 11.3 Å². The van der Waals surface area contributed by atoms with Gasteiger partial charge >= 0.3 is 0 Å². The molecule has 1 saturated carbocycles. The monoisotopic (exact) mass is 343 g/mol. The second-order valence-corrected chi connectivity index (χ2v) is 6.65. The topological polar surface area (TPSA) is 101 Å². The van der Waals surface area contributed by atoms with E-state index in [4.69, 9.17) is 0 Å². The highest BCUT2D eigenvalue weighted by Crippen LogP contribution is 2.31. The molecule has 3 aromatic heterocycles. The molecular formula is C16H17N5O2S. The van der Waals surface area contributed by atoms with Gasteiger partial charge in [0.05, 0.1) is 0 Å². The number of nitrogens with zero attached hydrogens (tertiary/aromatic N) is 3. The number of thiazole rings is 1. The molecule has 1 aliphatic rings. The van der Waals surface area contributed by atoms with Crippen LogP contribution in [0.5, 0.6) is 0 Å². The number of hydrogen-bond donors (Lipinski definition) is 2.